The minimum Gasteiger partial charge on any atom is -0.311 e. The second-order valence-corrected chi connectivity index (χ2v) is 7.81. The smallest absolute Gasteiger partial charge is 0.0121 e. The van der Waals surface area contributed by atoms with Crippen LogP contribution in [0.5, 0.6) is 0 Å². The van der Waals surface area contributed by atoms with Gasteiger partial charge in [0.1, 0.15) is 0 Å². The summed E-state index contributed by atoms with van der Waals surface area (Å²) in [6.07, 6.45) is 13.6. The van der Waals surface area contributed by atoms with Gasteiger partial charge < -0.3 is 5.32 Å². The minimum absolute atomic E-state index is 0.518. The summed E-state index contributed by atoms with van der Waals surface area (Å²) in [6, 6.07) is 1.56. The van der Waals surface area contributed by atoms with Crippen LogP contribution in [0, 0.1) is 5.41 Å². The molecule has 0 spiro atoms. The van der Waals surface area contributed by atoms with Gasteiger partial charge in [0.05, 0.1) is 0 Å². The van der Waals surface area contributed by atoms with E-state index in [1.54, 1.807) is 0 Å². The van der Waals surface area contributed by atoms with E-state index in [0.29, 0.717) is 5.41 Å². The van der Waals surface area contributed by atoms with E-state index in [1.165, 1.54) is 51.4 Å². The molecular weight excluding hydrogens is 226 g/mol. The molecule has 100 valence electrons. The highest BCUT2D eigenvalue weighted by atomic mass is 32.2. The number of rotatable bonds is 3. The van der Waals surface area contributed by atoms with Gasteiger partial charge in [0.15, 0.2) is 0 Å². The van der Waals surface area contributed by atoms with E-state index in [2.05, 4.69) is 37.2 Å². The van der Waals surface area contributed by atoms with Gasteiger partial charge in [0.25, 0.3) is 0 Å². The summed E-state index contributed by atoms with van der Waals surface area (Å²) < 4.78 is 0. The van der Waals surface area contributed by atoms with Crippen molar-refractivity contribution in [2.45, 2.75) is 82.5 Å². The Morgan fingerprint density at radius 2 is 1.88 bits per heavy atom. The van der Waals surface area contributed by atoms with Crippen molar-refractivity contribution >= 4 is 11.8 Å². The van der Waals surface area contributed by atoms with E-state index in [1.807, 2.05) is 0 Å². The highest BCUT2D eigenvalue weighted by Gasteiger charge is 2.34. The van der Waals surface area contributed by atoms with E-state index >= 15 is 0 Å². The molecule has 0 aromatic rings. The van der Waals surface area contributed by atoms with Crippen molar-refractivity contribution in [2.75, 3.05) is 6.26 Å². The molecule has 0 amide bonds. The molecule has 3 atom stereocenters. The van der Waals surface area contributed by atoms with Gasteiger partial charge in [-0.2, -0.15) is 11.8 Å². The van der Waals surface area contributed by atoms with Gasteiger partial charge in [-0.05, 0) is 43.8 Å². The predicted molar refractivity (Wildman–Crippen MR) is 78.7 cm³/mol. The molecule has 17 heavy (non-hydrogen) atoms. The van der Waals surface area contributed by atoms with Crippen molar-refractivity contribution in [1.82, 2.24) is 5.32 Å². The van der Waals surface area contributed by atoms with Crippen molar-refractivity contribution in [3.8, 4) is 0 Å². The largest absolute Gasteiger partial charge is 0.311 e. The molecule has 0 bridgehead atoms. The topological polar surface area (TPSA) is 12.0 Å². The van der Waals surface area contributed by atoms with Crippen LogP contribution in [0.1, 0.15) is 65.2 Å². The zero-order chi connectivity index (χ0) is 12.3. The van der Waals surface area contributed by atoms with Crippen molar-refractivity contribution in [3.05, 3.63) is 0 Å². The first-order chi connectivity index (χ1) is 8.12. The average Bonchev–Trinajstić information content (AvgIpc) is 2.32. The van der Waals surface area contributed by atoms with Gasteiger partial charge >= 0.3 is 0 Å². The predicted octanol–water partition coefficient (Wildman–Crippen LogP) is 4.22. The van der Waals surface area contributed by atoms with Crippen LogP contribution < -0.4 is 5.32 Å². The Morgan fingerprint density at radius 3 is 2.59 bits per heavy atom. The molecule has 2 saturated carbocycles. The van der Waals surface area contributed by atoms with Crippen molar-refractivity contribution < 1.29 is 0 Å². The van der Waals surface area contributed by atoms with E-state index in [9.17, 15) is 0 Å². The summed E-state index contributed by atoms with van der Waals surface area (Å²) in [7, 11) is 0. The summed E-state index contributed by atoms with van der Waals surface area (Å²) in [6.45, 7) is 4.91. The lowest BCUT2D eigenvalue weighted by atomic mass is 9.72. The van der Waals surface area contributed by atoms with Crippen molar-refractivity contribution in [1.29, 1.82) is 0 Å². The molecule has 0 aliphatic heterocycles. The zero-order valence-corrected chi connectivity index (χ0v) is 12.6. The summed E-state index contributed by atoms with van der Waals surface area (Å²) >= 11 is 2.07. The normalized spacial score (nSPS) is 37.9. The van der Waals surface area contributed by atoms with Gasteiger partial charge in [-0.1, -0.05) is 33.1 Å². The molecule has 0 aromatic carbocycles. The number of hydrogen-bond acceptors (Lipinski definition) is 2. The lowest BCUT2D eigenvalue weighted by Crippen LogP contribution is -2.50. The van der Waals surface area contributed by atoms with E-state index in [0.717, 1.165) is 17.3 Å². The molecule has 0 heterocycles. The molecule has 1 nitrogen and oxygen atoms in total. The summed E-state index contributed by atoms with van der Waals surface area (Å²) in [5, 5.41) is 4.91. The third-order valence-corrected chi connectivity index (χ3v) is 6.00. The molecular formula is C15H29NS. The Bertz CT molecular complexity index is 239. The van der Waals surface area contributed by atoms with E-state index < -0.39 is 0 Å². The Balaban J connectivity index is 1.86. The molecule has 0 radical (unpaired) electrons. The van der Waals surface area contributed by atoms with Crippen molar-refractivity contribution in [2.24, 2.45) is 5.41 Å². The lowest BCUT2D eigenvalue weighted by molar-refractivity contribution is 0.147. The van der Waals surface area contributed by atoms with Gasteiger partial charge in [0, 0.05) is 17.3 Å². The van der Waals surface area contributed by atoms with Gasteiger partial charge in [0.2, 0.25) is 0 Å². The molecule has 2 rings (SSSR count). The molecule has 2 aliphatic carbocycles. The molecule has 2 fully saturated rings. The Labute approximate surface area is 112 Å². The first kappa shape index (κ1) is 13.7. The monoisotopic (exact) mass is 255 g/mol. The van der Waals surface area contributed by atoms with Crippen LogP contribution in [0.15, 0.2) is 0 Å². The van der Waals surface area contributed by atoms with E-state index in [4.69, 9.17) is 0 Å². The van der Waals surface area contributed by atoms with E-state index in [-0.39, 0.29) is 0 Å². The summed E-state index contributed by atoms with van der Waals surface area (Å²) in [5.74, 6) is 0. The van der Waals surface area contributed by atoms with Crippen LogP contribution in [-0.4, -0.2) is 23.6 Å². The van der Waals surface area contributed by atoms with Gasteiger partial charge in [-0.15, -0.1) is 0 Å². The van der Waals surface area contributed by atoms with Crippen LogP contribution in [0.3, 0.4) is 0 Å². The Morgan fingerprint density at radius 1 is 1.06 bits per heavy atom. The third-order valence-electron chi connectivity index (χ3n) is 4.90. The van der Waals surface area contributed by atoms with Crippen LogP contribution in [0.25, 0.3) is 0 Å². The van der Waals surface area contributed by atoms with Crippen LogP contribution in [0.2, 0.25) is 0 Å². The van der Waals surface area contributed by atoms with Crippen LogP contribution in [0.4, 0.5) is 0 Å². The van der Waals surface area contributed by atoms with Crippen LogP contribution >= 0.6 is 11.8 Å². The standard InChI is InChI=1S/C15H29NS/c1-15(2)10-5-4-9-14(15)16-12-7-6-8-13(11-12)17-3/h12-14,16H,4-11H2,1-3H3. The zero-order valence-electron chi connectivity index (χ0n) is 11.8. The average molecular weight is 255 g/mol. The number of hydrogen-bond donors (Lipinski definition) is 1. The van der Waals surface area contributed by atoms with Gasteiger partial charge in [-0.25, -0.2) is 0 Å². The molecule has 1 N–H and O–H groups in total. The fourth-order valence-corrected chi connectivity index (χ4v) is 4.43. The Hall–Kier alpha value is 0.310. The fourth-order valence-electron chi connectivity index (χ4n) is 3.60. The third kappa shape index (κ3) is 3.64. The Kier molecular flexibility index (Phi) is 4.82. The van der Waals surface area contributed by atoms with Crippen molar-refractivity contribution in [3.63, 3.8) is 0 Å². The lowest BCUT2D eigenvalue weighted by Gasteiger charge is -2.42. The highest BCUT2D eigenvalue weighted by Crippen LogP contribution is 2.37. The molecule has 0 aromatic heterocycles. The second-order valence-electron chi connectivity index (χ2n) is 6.67. The SMILES string of the molecule is CSC1CCCC(NC2CCCCC2(C)C)C1. The molecule has 2 aliphatic rings. The molecule has 0 saturated heterocycles. The quantitative estimate of drug-likeness (QED) is 0.810. The highest BCUT2D eigenvalue weighted by molar-refractivity contribution is 7.99. The van der Waals surface area contributed by atoms with Crippen LogP contribution in [-0.2, 0) is 0 Å². The maximum Gasteiger partial charge on any atom is 0.0121 e. The second kappa shape index (κ2) is 5.97. The maximum absolute atomic E-state index is 4.00. The summed E-state index contributed by atoms with van der Waals surface area (Å²) in [5.41, 5.74) is 0.518. The fraction of sp³-hybridized carbons (Fsp3) is 1.00. The van der Waals surface area contributed by atoms with Gasteiger partial charge in [-0.3, -0.25) is 0 Å². The minimum atomic E-state index is 0.518. The number of thioether (sulfide) groups is 1. The first-order valence-corrected chi connectivity index (χ1v) is 8.69. The maximum atomic E-state index is 4.00. The number of nitrogens with one attached hydrogen (secondary N) is 1. The molecule has 2 heteroatoms. The molecule has 3 unspecified atom stereocenters. The first-order valence-electron chi connectivity index (χ1n) is 7.40. The summed E-state index contributed by atoms with van der Waals surface area (Å²) in [4.78, 5) is 0.